The zero-order chi connectivity index (χ0) is 22.9. The number of nitrogens with zero attached hydrogens (tertiary/aromatic N) is 4. The monoisotopic (exact) mass is 461 g/mol. The van der Waals surface area contributed by atoms with Gasteiger partial charge in [0.1, 0.15) is 0 Å². The second-order valence-corrected chi connectivity index (χ2v) is 9.33. The number of para-hydroxylation sites is 2. The van der Waals surface area contributed by atoms with E-state index >= 15 is 0 Å². The van der Waals surface area contributed by atoms with Gasteiger partial charge in [-0.2, -0.15) is 0 Å². The number of pyridine rings is 1. The van der Waals surface area contributed by atoms with Gasteiger partial charge < -0.3 is 15.0 Å². The van der Waals surface area contributed by atoms with Crippen molar-refractivity contribution in [1.82, 2.24) is 14.6 Å². The summed E-state index contributed by atoms with van der Waals surface area (Å²) >= 11 is 1.41. The molecule has 0 unspecified atom stereocenters. The molecule has 170 valence electrons. The van der Waals surface area contributed by atoms with E-state index in [0.29, 0.717) is 13.2 Å². The van der Waals surface area contributed by atoms with E-state index in [1.807, 2.05) is 24.3 Å². The number of benzene rings is 2. The lowest BCUT2D eigenvalue weighted by molar-refractivity contribution is -0.113. The molecule has 1 N–H and O–H groups in total. The average Bonchev–Trinajstić information content (AvgIpc) is 3.26. The second-order valence-electron chi connectivity index (χ2n) is 8.38. The van der Waals surface area contributed by atoms with Gasteiger partial charge in [0.25, 0.3) is 0 Å². The molecule has 0 aliphatic carbocycles. The van der Waals surface area contributed by atoms with Gasteiger partial charge in [0.2, 0.25) is 5.91 Å². The van der Waals surface area contributed by atoms with Crippen LogP contribution < -0.4 is 10.2 Å². The molecule has 2 aromatic carbocycles. The van der Waals surface area contributed by atoms with Crippen LogP contribution in [0.15, 0.2) is 47.6 Å². The molecule has 4 aromatic rings. The molecule has 1 saturated heterocycles. The molecule has 1 fully saturated rings. The molecule has 1 amide bonds. The van der Waals surface area contributed by atoms with Crippen LogP contribution in [-0.4, -0.2) is 52.6 Å². The summed E-state index contributed by atoms with van der Waals surface area (Å²) in [6.45, 7) is 9.30. The van der Waals surface area contributed by atoms with E-state index in [-0.39, 0.29) is 11.7 Å². The number of amides is 1. The first-order valence-corrected chi connectivity index (χ1v) is 12.1. The maximum Gasteiger partial charge on any atom is 0.234 e. The molecule has 3 heterocycles. The predicted octanol–water partition coefficient (Wildman–Crippen LogP) is 4.38. The molecule has 5 rings (SSSR count). The Hall–Kier alpha value is -3.10. The third-order valence-corrected chi connectivity index (χ3v) is 7.00. The number of nitrogens with one attached hydrogen (secondary N) is 1. The van der Waals surface area contributed by atoms with Crippen molar-refractivity contribution in [1.29, 1.82) is 0 Å². The predicted molar refractivity (Wildman–Crippen MR) is 134 cm³/mol. The van der Waals surface area contributed by atoms with Crippen molar-refractivity contribution >= 4 is 45.6 Å². The minimum Gasteiger partial charge on any atom is -0.378 e. The van der Waals surface area contributed by atoms with Crippen LogP contribution >= 0.6 is 11.8 Å². The SMILES string of the molecule is Cc1ccc(C)c2c1cc(C)c1nnc(SCC(=O)Nc3ccccc3N3CCOCC3)n12. The van der Waals surface area contributed by atoms with Gasteiger partial charge in [-0.1, -0.05) is 36.0 Å². The summed E-state index contributed by atoms with van der Waals surface area (Å²) in [5.41, 5.74) is 7.22. The van der Waals surface area contributed by atoms with E-state index in [1.165, 1.54) is 22.7 Å². The fraction of sp³-hybridized carbons (Fsp3) is 0.320. The van der Waals surface area contributed by atoms with Crippen LogP contribution in [0.4, 0.5) is 11.4 Å². The number of carbonyl (C=O) groups excluding carboxylic acids is 1. The smallest absolute Gasteiger partial charge is 0.234 e. The van der Waals surface area contributed by atoms with Gasteiger partial charge in [-0.15, -0.1) is 10.2 Å². The summed E-state index contributed by atoms with van der Waals surface area (Å²) in [5.74, 6) is 0.181. The van der Waals surface area contributed by atoms with Gasteiger partial charge in [-0.25, -0.2) is 0 Å². The van der Waals surface area contributed by atoms with Crippen LogP contribution in [0.3, 0.4) is 0 Å². The summed E-state index contributed by atoms with van der Waals surface area (Å²) in [7, 11) is 0. The van der Waals surface area contributed by atoms with Crippen molar-refractivity contribution in [3.8, 4) is 0 Å². The van der Waals surface area contributed by atoms with Crippen molar-refractivity contribution in [3.63, 3.8) is 0 Å². The molecule has 0 atom stereocenters. The van der Waals surface area contributed by atoms with Crippen LogP contribution in [0.2, 0.25) is 0 Å². The zero-order valence-corrected chi connectivity index (χ0v) is 19.9. The fourth-order valence-electron chi connectivity index (χ4n) is 4.37. The maximum absolute atomic E-state index is 12.9. The molecular formula is C25H27N5O2S. The Morgan fingerprint density at radius 3 is 2.61 bits per heavy atom. The number of morpholine rings is 1. The number of thioether (sulfide) groups is 1. The van der Waals surface area contributed by atoms with Crippen molar-refractivity contribution in [2.75, 3.05) is 42.3 Å². The summed E-state index contributed by atoms with van der Waals surface area (Å²) in [6.07, 6.45) is 0. The van der Waals surface area contributed by atoms with Crippen LogP contribution in [0, 0.1) is 20.8 Å². The van der Waals surface area contributed by atoms with E-state index in [1.54, 1.807) is 0 Å². The fourth-order valence-corrected chi connectivity index (χ4v) is 5.11. The molecule has 1 aliphatic heterocycles. The van der Waals surface area contributed by atoms with Crippen molar-refractivity contribution in [2.24, 2.45) is 0 Å². The third kappa shape index (κ3) is 4.16. The van der Waals surface area contributed by atoms with E-state index < -0.39 is 0 Å². The molecule has 0 bridgehead atoms. The van der Waals surface area contributed by atoms with Gasteiger partial charge in [0.05, 0.1) is 35.9 Å². The third-order valence-electron chi connectivity index (χ3n) is 6.07. The Labute approximate surface area is 197 Å². The molecule has 8 heteroatoms. The van der Waals surface area contributed by atoms with Crippen LogP contribution in [0.1, 0.15) is 16.7 Å². The first kappa shape index (κ1) is 21.7. The summed E-state index contributed by atoms with van der Waals surface area (Å²) in [6, 6.07) is 14.4. The van der Waals surface area contributed by atoms with Gasteiger partial charge in [-0.3, -0.25) is 9.20 Å². The largest absolute Gasteiger partial charge is 0.378 e. The molecule has 0 radical (unpaired) electrons. The Kier molecular flexibility index (Phi) is 5.95. The lowest BCUT2D eigenvalue weighted by Crippen LogP contribution is -2.36. The minimum absolute atomic E-state index is 0.0673. The Morgan fingerprint density at radius 2 is 1.79 bits per heavy atom. The molecule has 33 heavy (non-hydrogen) atoms. The van der Waals surface area contributed by atoms with E-state index in [9.17, 15) is 4.79 Å². The van der Waals surface area contributed by atoms with Crippen molar-refractivity contribution in [3.05, 3.63) is 59.2 Å². The number of hydrogen-bond acceptors (Lipinski definition) is 6. The highest BCUT2D eigenvalue weighted by Gasteiger charge is 2.18. The van der Waals surface area contributed by atoms with Crippen LogP contribution in [0.5, 0.6) is 0 Å². The van der Waals surface area contributed by atoms with E-state index in [2.05, 4.69) is 63.8 Å². The summed E-state index contributed by atoms with van der Waals surface area (Å²) < 4.78 is 7.55. The number of hydrogen-bond donors (Lipinski definition) is 1. The average molecular weight is 462 g/mol. The number of carbonyl (C=O) groups is 1. The summed E-state index contributed by atoms with van der Waals surface area (Å²) in [5, 5.41) is 13.8. The quantitative estimate of drug-likeness (QED) is 0.445. The number of aryl methyl sites for hydroxylation is 3. The van der Waals surface area contributed by atoms with Crippen molar-refractivity contribution in [2.45, 2.75) is 25.9 Å². The first-order valence-electron chi connectivity index (χ1n) is 11.1. The van der Waals surface area contributed by atoms with E-state index in [0.717, 1.165) is 51.9 Å². The van der Waals surface area contributed by atoms with Gasteiger partial charge >= 0.3 is 0 Å². The van der Waals surface area contributed by atoms with E-state index in [4.69, 9.17) is 4.74 Å². The lowest BCUT2D eigenvalue weighted by atomic mass is 10.0. The highest BCUT2D eigenvalue weighted by atomic mass is 32.2. The Balaban J connectivity index is 1.39. The number of fused-ring (bicyclic) bond motifs is 3. The minimum atomic E-state index is -0.0673. The second kappa shape index (κ2) is 9.03. The van der Waals surface area contributed by atoms with Gasteiger partial charge in [0.15, 0.2) is 10.8 Å². The normalized spacial score (nSPS) is 14.2. The molecule has 2 aromatic heterocycles. The zero-order valence-electron chi connectivity index (χ0n) is 19.1. The number of rotatable bonds is 5. The summed E-state index contributed by atoms with van der Waals surface area (Å²) in [4.78, 5) is 15.1. The molecule has 7 nitrogen and oxygen atoms in total. The van der Waals surface area contributed by atoms with Crippen LogP contribution in [-0.2, 0) is 9.53 Å². The number of aromatic nitrogens is 3. The Bertz CT molecular complexity index is 1340. The topological polar surface area (TPSA) is 71.8 Å². The molecule has 0 spiro atoms. The Morgan fingerprint density at radius 1 is 1.03 bits per heavy atom. The van der Waals surface area contributed by atoms with Gasteiger partial charge in [-0.05, 0) is 55.7 Å². The molecule has 1 aliphatic rings. The van der Waals surface area contributed by atoms with Gasteiger partial charge in [0, 0.05) is 18.5 Å². The standard InChI is InChI=1S/C25H27N5O2S/c1-16-8-9-17(2)23-19(16)14-18(3)24-27-28-25(30(23)24)33-15-22(31)26-20-6-4-5-7-21(20)29-10-12-32-13-11-29/h4-9,14H,10-13,15H2,1-3H3,(H,26,31). The highest BCUT2D eigenvalue weighted by Crippen LogP contribution is 2.30. The highest BCUT2D eigenvalue weighted by molar-refractivity contribution is 7.99. The molecular weight excluding hydrogens is 434 g/mol. The maximum atomic E-state index is 12.9. The first-order chi connectivity index (χ1) is 16.0. The number of ether oxygens (including phenoxy) is 1. The molecule has 0 saturated carbocycles. The number of anilines is 2. The lowest BCUT2D eigenvalue weighted by Gasteiger charge is -2.30. The van der Waals surface area contributed by atoms with Crippen molar-refractivity contribution < 1.29 is 9.53 Å². The van der Waals surface area contributed by atoms with Crippen LogP contribution in [0.25, 0.3) is 16.6 Å².